The highest BCUT2D eigenvalue weighted by atomic mass is 32.2. The van der Waals surface area contributed by atoms with E-state index in [4.69, 9.17) is 15.2 Å². The number of thioether (sulfide) groups is 1. The Morgan fingerprint density at radius 1 is 1.15 bits per heavy atom. The molecule has 5 saturated carbocycles. The minimum Gasteiger partial charge on any atom is -0.474 e. The minimum atomic E-state index is -0.621. The predicted octanol–water partition coefficient (Wildman–Crippen LogP) is 3.19. The molecule has 4 bridgehead atoms. The lowest BCUT2D eigenvalue weighted by atomic mass is 9.48. The number of amides is 1. The van der Waals surface area contributed by atoms with Gasteiger partial charge in [0.2, 0.25) is 11.8 Å². The molecule has 27 heavy (non-hydrogen) atoms. The third-order valence-electron chi connectivity index (χ3n) is 6.79. The largest absolute Gasteiger partial charge is 0.474 e. The highest BCUT2D eigenvalue weighted by Crippen LogP contribution is 2.61. The molecule has 1 aromatic rings. The van der Waals surface area contributed by atoms with Gasteiger partial charge in [0.05, 0.1) is 6.07 Å². The molecule has 7 heteroatoms. The number of primary amides is 1. The van der Waals surface area contributed by atoms with Gasteiger partial charge < -0.3 is 15.2 Å². The van der Waals surface area contributed by atoms with Crippen molar-refractivity contribution in [1.29, 1.82) is 0 Å². The maximum absolute atomic E-state index is 12.5. The summed E-state index contributed by atoms with van der Waals surface area (Å²) >= 11 is 1.44. The topological polar surface area (TPSA) is 87.3 Å². The molecule has 1 aromatic heterocycles. The number of hydrogen-bond acceptors (Lipinski definition) is 6. The van der Waals surface area contributed by atoms with Crippen LogP contribution in [0.1, 0.15) is 51.4 Å². The van der Waals surface area contributed by atoms with Crippen molar-refractivity contribution in [2.24, 2.45) is 28.9 Å². The van der Waals surface area contributed by atoms with Crippen molar-refractivity contribution in [3.8, 4) is 11.8 Å². The highest BCUT2D eigenvalue weighted by Gasteiger charge is 2.56. The van der Waals surface area contributed by atoms with Crippen molar-refractivity contribution >= 4 is 17.7 Å². The first-order chi connectivity index (χ1) is 13.0. The zero-order chi connectivity index (χ0) is 18.6. The molecule has 0 spiro atoms. The van der Waals surface area contributed by atoms with E-state index in [-0.39, 0.29) is 17.4 Å². The van der Waals surface area contributed by atoms with Crippen LogP contribution < -0.4 is 15.2 Å². The van der Waals surface area contributed by atoms with Gasteiger partial charge in [-0.25, -0.2) is 0 Å². The van der Waals surface area contributed by atoms with Crippen molar-refractivity contribution in [2.45, 2.75) is 68.7 Å². The zero-order valence-corrected chi connectivity index (χ0v) is 16.5. The van der Waals surface area contributed by atoms with Crippen LogP contribution in [-0.4, -0.2) is 34.3 Å². The number of ether oxygens (including phenoxy) is 2. The van der Waals surface area contributed by atoms with E-state index in [0.29, 0.717) is 16.9 Å². The van der Waals surface area contributed by atoms with Crippen LogP contribution >= 0.6 is 11.8 Å². The van der Waals surface area contributed by atoms with E-state index in [2.05, 4.69) is 9.97 Å². The first-order valence-electron chi connectivity index (χ1n) is 10.1. The van der Waals surface area contributed by atoms with Gasteiger partial charge >= 0.3 is 0 Å². The maximum Gasteiger partial charge on any atom is 0.259 e. The average Bonchev–Trinajstić information content (AvgIpc) is 3.42. The van der Waals surface area contributed by atoms with Crippen molar-refractivity contribution < 1.29 is 14.3 Å². The Morgan fingerprint density at radius 2 is 1.74 bits per heavy atom. The maximum atomic E-state index is 12.5. The Morgan fingerprint density at radius 3 is 2.26 bits per heavy atom. The van der Waals surface area contributed by atoms with Gasteiger partial charge in [-0.05, 0) is 75.4 Å². The van der Waals surface area contributed by atoms with Crippen molar-refractivity contribution in [2.75, 3.05) is 6.26 Å². The molecule has 1 atom stereocenters. The lowest BCUT2D eigenvalue weighted by Crippen LogP contribution is -2.57. The van der Waals surface area contributed by atoms with Crippen molar-refractivity contribution in [3.63, 3.8) is 0 Å². The molecule has 0 aromatic carbocycles. The monoisotopic (exact) mass is 389 g/mol. The Hall–Kier alpha value is -1.50. The molecule has 5 fully saturated rings. The van der Waals surface area contributed by atoms with Crippen LogP contribution in [0.2, 0.25) is 0 Å². The Kier molecular flexibility index (Phi) is 4.26. The van der Waals surface area contributed by atoms with Crippen LogP contribution in [0.3, 0.4) is 0 Å². The lowest BCUT2D eigenvalue weighted by Gasteiger charge is -2.58. The van der Waals surface area contributed by atoms with Crippen LogP contribution in [0.25, 0.3) is 0 Å². The van der Waals surface area contributed by atoms with E-state index in [0.717, 1.165) is 49.9 Å². The normalized spacial score (nSPS) is 35.1. The number of rotatable bonds is 7. The van der Waals surface area contributed by atoms with E-state index in [1.54, 1.807) is 6.07 Å². The van der Waals surface area contributed by atoms with Gasteiger partial charge in [0, 0.05) is 5.41 Å². The highest BCUT2D eigenvalue weighted by molar-refractivity contribution is 7.98. The molecule has 5 aliphatic carbocycles. The second-order valence-corrected chi connectivity index (χ2v) is 9.80. The second-order valence-electron chi connectivity index (χ2n) is 9.03. The Balaban J connectivity index is 1.42. The van der Waals surface area contributed by atoms with Crippen LogP contribution in [0.4, 0.5) is 0 Å². The molecule has 2 N–H and O–H groups in total. The number of nitrogens with two attached hydrogens (primary N) is 1. The number of aromatic nitrogens is 2. The van der Waals surface area contributed by atoms with Crippen molar-refractivity contribution in [3.05, 3.63) is 6.07 Å². The summed E-state index contributed by atoms with van der Waals surface area (Å²) in [5, 5.41) is 0.594. The summed E-state index contributed by atoms with van der Waals surface area (Å²) in [6.07, 6.45) is 10.8. The first-order valence-corrected chi connectivity index (χ1v) is 11.3. The summed E-state index contributed by atoms with van der Waals surface area (Å²) in [7, 11) is 0. The number of hydrogen-bond donors (Lipinski definition) is 1. The van der Waals surface area contributed by atoms with E-state index in [1.807, 2.05) is 6.26 Å². The van der Waals surface area contributed by atoms with Crippen LogP contribution in [0, 0.1) is 23.2 Å². The third kappa shape index (κ3) is 3.39. The smallest absolute Gasteiger partial charge is 0.259 e. The Labute approximate surface area is 164 Å². The quantitative estimate of drug-likeness (QED) is 0.569. The van der Waals surface area contributed by atoms with Gasteiger partial charge in [0.1, 0.15) is 6.10 Å². The van der Waals surface area contributed by atoms with Crippen LogP contribution in [-0.2, 0) is 4.79 Å². The predicted molar refractivity (Wildman–Crippen MR) is 102 cm³/mol. The van der Waals surface area contributed by atoms with Gasteiger partial charge in [-0.3, -0.25) is 4.79 Å². The molecular formula is C20H27N3O3S. The standard InChI is InChI=1S/C20H27N3O3S/c1-27-19-22-15(25-14-2-3-14)7-16(23-19)26-17(18(21)24)20-8-11-4-12(9-20)6-13(5-11)10-20/h7,11-14,17H,2-6,8-10H2,1H3,(H2,21,24). The molecule has 0 radical (unpaired) electrons. The summed E-state index contributed by atoms with van der Waals surface area (Å²) in [5.41, 5.74) is 5.74. The summed E-state index contributed by atoms with van der Waals surface area (Å²) < 4.78 is 12.1. The van der Waals surface area contributed by atoms with Crippen LogP contribution in [0.15, 0.2) is 11.2 Å². The summed E-state index contributed by atoms with van der Waals surface area (Å²) in [5.74, 6) is 2.74. The summed E-state index contributed by atoms with van der Waals surface area (Å²) in [4.78, 5) is 21.3. The van der Waals surface area contributed by atoms with Gasteiger partial charge in [-0.2, -0.15) is 9.97 Å². The number of carbonyl (C=O) groups excluding carboxylic acids is 1. The molecule has 1 heterocycles. The summed E-state index contributed by atoms with van der Waals surface area (Å²) in [6.45, 7) is 0. The molecule has 1 unspecified atom stereocenters. The molecule has 1 amide bonds. The average molecular weight is 390 g/mol. The molecule has 5 aliphatic rings. The molecule has 0 aliphatic heterocycles. The fraction of sp³-hybridized carbons (Fsp3) is 0.750. The minimum absolute atomic E-state index is 0.122. The fourth-order valence-electron chi connectivity index (χ4n) is 6.06. The fourth-order valence-corrected chi connectivity index (χ4v) is 6.42. The molecule has 6 rings (SSSR count). The van der Waals surface area contributed by atoms with E-state index in [1.165, 1.54) is 31.0 Å². The molecule has 0 saturated heterocycles. The number of nitrogens with zero attached hydrogens (tertiary/aromatic N) is 2. The van der Waals surface area contributed by atoms with Crippen LogP contribution in [0.5, 0.6) is 11.8 Å². The van der Waals surface area contributed by atoms with E-state index in [9.17, 15) is 4.79 Å². The van der Waals surface area contributed by atoms with Gasteiger partial charge in [0.15, 0.2) is 11.3 Å². The molecular weight excluding hydrogens is 362 g/mol. The molecule has 6 nitrogen and oxygen atoms in total. The van der Waals surface area contributed by atoms with Gasteiger partial charge in [-0.1, -0.05) is 11.8 Å². The van der Waals surface area contributed by atoms with E-state index < -0.39 is 6.10 Å². The number of carbonyl (C=O) groups is 1. The Bertz CT molecular complexity index is 717. The van der Waals surface area contributed by atoms with Gasteiger partial charge in [-0.15, -0.1) is 0 Å². The second kappa shape index (κ2) is 6.54. The zero-order valence-electron chi connectivity index (χ0n) is 15.7. The van der Waals surface area contributed by atoms with Crippen molar-refractivity contribution in [1.82, 2.24) is 9.97 Å². The molecule has 146 valence electrons. The first kappa shape index (κ1) is 17.6. The van der Waals surface area contributed by atoms with E-state index >= 15 is 0 Å². The third-order valence-corrected chi connectivity index (χ3v) is 7.34. The lowest BCUT2D eigenvalue weighted by molar-refractivity contribution is -0.148. The van der Waals surface area contributed by atoms with Gasteiger partial charge in [0.25, 0.3) is 5.91 Å². The summed E-state index contributed by atoms with van der Waals surface area (Å²) in [6, 6.07) is 1.72. The SMILES string of the molecule is CSc1nc(OC2CC2)cc(OC(C(N)=O)C23CC4CC(CC(C4)C2)C3)n1.